The lowest BCUT2D eigenvalue weighted by Gasteiger charge is -2.37. The first kappa shape index (κ1) is 18.4. The second kappa shape index (κ2) is 7.58. The van der Waals surface area contributed by atoms with Gasteiger partial charge in [-0.3, -0.25) is 4.79 Å². The van der Waals surface area contributed by atoms with E-state index in [-0.39, 0.29) is 23.6 Å². The van der Waals surface area contributed by atoms with Gasteiger partial charge in [0, 0.05) is 23.7 Å². The van der Waals surface area contributed by atoms with Crippen molar-refractivity contribution in [3.05, 3.63) is 65.2 Å². The number of phenolic OH excluding ortho intramolecular Hbond substituents is 1. The van der Waals surface area contributed by atoms with Crippen molar-refractivity contribution >= 4 is 11.6 Å². The van der Waals surface area contributed by atoms with E-state index in [0.29, 0.717) is 23.8 Å². The molecule has 0 saturated carbocycles. The summed E-state index contributed by atoms with van der Waals surface area (Å²) in [5, 5.41) is 16.8. The van der Waals surface area contributed by atoms with Gasteiger partial charge in [0.05, 0.1) is 13.2 Å². The summed E-state index contributed by atoms with van der Waals surface area (Å²) in [7, 11) is 1.55. The van der Waals surface area contributed by atoms with E-state index in [9.17, 15) is 9.90 Å². The number of ether oxygens (including phenoxy) is 1. The van der Waals surface area contributed by atoms with Crippen LogP contribution in [0.4, 0.5) is 5.69 Å². The van der Waals surface area contributed by atoms with Crippen LogP contribution < -0.4 is 15.4 Å². The van der Waals surface area contributed by atoms with E-state index in [0.717, 1.165) is 29.7 Å². The Morgan fingerprint density at radius 1 is 1.29 bits per heavy atom. The predicted octanol–water partition coefficient (Wildman–Crippen LogP) is 4.37. The van der Waals surface area contributed by atoms with Gasteiger partial charge in [-0.25, -0.2) is 0 Å². The molecule has 0 fully saturated rings. The number of rotatable bonds is 5. The third-order valence-electron chi connectivity index (χ3n) is 5.72. The average Bonchev–Trinajstić information content (AvgIpc) is 3.21. The van der Waals surface area contributed by atoms with Gasteiger partial charge >= 0.3 is 0 Å². The lowest BCUT2D eigenvalue weighted by Crippen LogP contribution is -2.30. The first-order valence-electron chi connectivity index (χ1n) is 9.84. The van der Waals surface area contributed by atoms with Crippen LogP contribution in [-0.4, -0.2) is 24.7 Å². The Balaban J connectivity index is 1.66. The van der Waals surface area contributed by atoms with Gasteiger partial charge < -0.3 is 20.5 Å². The average molecular weight is 378 g/mol. The van der Waals surface area contributed by atoms with Crippen LogP contribution in [-0.2, 0) is 0 Å². The maximum Gasteiger partial charge on any atom is 0.251 e. The van der Waals surface area contributed by atoms with Crippen molar-refractivity contribution in [3.63, 3.8) is 0 Å². The van der Waals surface area contributed by atoms with Gasteiger partial charge in [0.25, 0.3) is 5.91 Å². The molecule has 3 unspecified atom stereocenters. The Morgan fingerprint density at radius 2 is 2.14 bits per heavy atom. The number of nitrogens with one attached hydrogen (secondary N) is 2. The van der Waals surface area contributed by atoms with E-state index >= 15 is 0 Å². The Bertz CT molecular complexity index is 922. The molecule has 1 heterocycles. The molecule has 1 amide bonds. The summed E-state index contributed by atoms with van der Waals surface area (Å²) in [6.07, 6.45) is 6.34. The van der Waals surface area contributed by atoms with Gasteiger partial charge in [-0.05, 0) is 60.2 Å². The molecule has 0 aromatic heterocycles. The minimum absolute atomic E-state index is 0.0228. The van der Waals surface area contributed by atoms with Crippen molar-refractivity contribution in [2.24, 2.45) is 5.92 Å². The molecular weight excluding hydrogens is 352 g/mol. The normalized spacial score (nSPS) is 22.1. The molecule has 1 aliphatic heterocycles. The van der Waals surface area contributed by atoms with Crippen LogP contribution in [0.5, 0.6) is 11.5 Å². The van der Waals surface area contributed by atoms with Gasteiger partial charge in [0.2, 0.25) is 0 Å². The van der Waals surface area contributed by atoms with Gasteiger partial charge in [0.1, 0.15) is 0 Å². The van der Waals surface area contributed by atoms with Crippen LogP contribution in [0.3, 0.4) is 0 Å². The van der Waals surface area contributed by atoms with Crippen molar-refractivity contribution in [1.82, 2.24) is 5.32 Å². The molecule has 146 valence electrons. The number of hydrogen-bond donors (Lipinski definition) is 3. The summed E-state index contributed by atoms with van der Waals surface area (Å²) in [5.41, 5.74) is 3.94. The molecule has 2 aromatic carbocycles. The fourth-order valence-corrected chi connectivity index (χ4v) is 4.31. The van der Waals surface area contributed by atoms with E-state index in [1.54, 1.807) is 19.2 Å². The van der Waals surface area contributed by atoms with E-state index < -0.39 is 0 Å². The minimum atomic E-state index is -0.0228. The number of carbonyl (C=O) groups is 1. The van der Waals surface area contributed by atoms with E-state index in [1.165, 1.54) is 0 Å². The summed E-state index contributed by atoms with van der Waals surface area (Å²) < 4.78 is 5.17. The number of hydrogen-bond acceptors (Lipinski definition) is 4. The highest BCUT2D eigenvalue weighted by Gasteiger charge is 2.38. The number of aromatic hydroxyl groups is 1. The number of phenols is 1. The molecule has 0 bridgehead atoms. The van der Waals surface area contributed by atoms with Crippen molar-refractivity contribution < 1.29 is 14.6 Å². The zero-order chi connectivity index (χ0) is 19.7. The van der Waals surface area contributed by atoms with E-state index in [2.05, 4.69) is 22.8 Å². The molecule has 4 rings (SSSR count). The highest BCUT2D eigenvalue weighted by Crippen LogP contribution is 2.50. The number of fused-ring (bicyclic) bond motifs is 3. The molecule has 5 nitrogen and oxygen atoms in total. The zero-order valence-electron chi connectivity index (χ0n) is 16.2. The lowest BCUT2D eigenvalue weighted by atomic mass is 9.76. The standard InChI is InChI=1S/C23H26N2O3/c1-3-11-24-23(27)15-7-9-19-18(12-15)16-5-4-6-17(16)22(25-19)14-8-10-21(28-2)20(26)13-14/h4-5,7-10,12-13,16-17,22,25-26H,3,6,11H2,1-2H3,(H,24,27). The number of methoxy groups -OCH3 is 1. The zero-order valence-corrected chi connectivity index (χ0v) is 16.2. The number of amides is 1. The first-order chi connectivity index (χ1) is 13.6. The molecule has 0 saturated heterocycles. The second-order valence-electron chi connectivity index (χ2n) is 7.46. The molecule has 5 heteroatoms. The summed E-state index contributed by atoms with van der Waals surface area (Å²) in [5.74, 6) is 1.20. The number of allylic oxidation sites excluding steroid dienone is 2. The van der Waals surface area contributed by atoms with Crippen molar-refractivity contribution in [3.8, 4) is 11.5 Å². The predicted molar refractivity (Wildman–Crippen MR) is 110 cm³/mol. The van der Waals surface area contributed by atoms with Gasteiger partial charge in [-0.2, -0.15) is 0 Å². The van der Waals surface area contributed by atoms with E-state index in [4.69, 9.17) is 4.74 Å². The lowest BCUT2D eigenvalue weighted by molar-refractivity contribution is 0.0953. The molecule has 2 aromatic rings. The van der Waals surface area contributed by atoms with Crippen molar-refractivity contribution in [1.29, 1.82) is 0 Å². The van der Waals surface area contributed by atoms with Crippen LogP contribution in [0.2, 0.25) is 0 Å². The number of carbonyl (C=O) groups excluding carboxylic acids is 1. The molecule has 28 heavy (non-hydrogen) atoms. The topological polar surface area (TPSA) is 70.6 Å². The Kier molecular flexibility index (Phi) is 4.99. The fraction of sp³-hybridized carbons (Fsp3) is 0.348. The summed E-state index contributed by atoms with van der Waals surface area (Å²) in [6.45, 7) is 2.73. The maximum absolute atomic E-state index is 12.4. The van der Waals surface area contributed by atoms with Gasteiger partial charge in [0.15, 0.2) is 11.5 Å². The third-order valence-corrected chi connectivity index (χ3v) is 5.72. The van der Waals surface area contributed by atoms with Crippen LogP contribution in [0.1, 0.15) is 53.2 Å². The molecule has 3 N–H and O–H groups in total. The van der Waals surface area contributed by atoms with Crippen LogP contribution >= 0.6 is 0 Å². The molecule has 2 aliphatic rings. The summed E-state index contributed by atoms with van der Waals surface area (Å²) in [6, 6.07) is 11.6. The van der Waals surface area contributed by atoms with Crippen LogP contribution in [0, 0.1) is 5.92 Å². The summed E-state index contributed by atoms with van der Waals surface area (Å²) >= 11 is 0. The Hall–Kier alpha value is -2.95. The fourth-order valence-electron chi connectivity index (χ4n) is 4.31. The van der Waals surface area contributed by atoms with Crippen molar-refractivity contribution in [2.75, 3.05) is 19.0 Å². The Morgan fingerprint density at radius 3 is 2.89 bits per heavy atom. The second-order valence-corrected chi connectivity index (χ2v) is 7.46. The molecule has 0 spiro atoms. The smallest absolute Gasteiger partial charge is 0.251 e. The first-order valence-corrected chi connectivity index (χ1v) is 9.84. The van der Waals surface area contributed by atoms with Gasteiger partial charge in [-0.15, -0.1) is 0 Å². The van der Waals surface area contributed by atoms with Crippen LogP contribution in [0.25, 0.3) is 0 Å². The monoisotopic (exact) mass is 378 g/mol. The Labute approximate surface area is 165 Å². The highest BCUT2D eigenvalue weighted by atomic mass is 16.5. The highest BCUT2D eigenvalue weighted by molar-refractivity contribution is 5.95. The van der Waals surface area contributed by atoms with Crippen molar-refractivity contribution in [2.45, 2.75) is 31.7 Å². The van der Waals surface area contributed by atoms with E-state index in [1.807, 2.05) is 31.2 Å². The largest absolute Gasteiger partial charge is 0.504 e. The van der Waals surface area contributed by atoms with Gasteiger partial charge in [-0.1, -0.05) is 25.1 Å². The molecular formula is C23H26N2O3. The SMILES string of the molecule is CCCNC(=O)c1ccc2c(c1)C1C=CCC1C(c1ccc(OC)c(O)c1)N2. The molecule has 0 radical (unpaired) electrons. The quantitative estimate of drug-likeness (QED) is 0.676. The third kappa shape index (κ3) is 3.21. The number of benzene rings is 2. The molecule has 1 aliphatic carbocycles. The minimum Gasteiger partial charge on any atom is -0.504 e. The summed E-state index contributed by atoms with van der Waals surface area (Å²) in [4.78, 5) is 12.4. The number of anilines is 1. The maximum atomic E-state index is 12.4. The molecule has 3 atom stereocenters. The van der Waals surface area contributed by atoms with Crippen LogP contribution in [0.15, 0.2) is 48.6 Å².